The van der Waals surface area contributed by atoms with Crippen LogP contribution in [0.3, 0.4) is 0 Å². The predicted octanol–water partition coefficient (Wildman–Crippen LogP) is -4.13. The number of carboxylic acid groups (broad SMARTS) is 2. The highest BCUT2D eigenvalue weighted by atomic mass is 16.4. The number of para-hydroxylation sites is 1. The van der Waals surface area contributed by atoms with E-state index in [1.807, 2.05) is 24.3 Å². The van der Waals surface area contributed by atoms with E-state index in [0.29, 0.717) is 37.7 Å². The Kier molecular flexibility index (Phi) is 44.5. The fourth-order valence-electron chi connectivity index (χ4n) is 12.1. The lowest BCUT2D eigenvalue weighted by atomic mass is 9.96. The van der Waals surface area contributed by atoms with Crippen LogP contribution in [0.5, 0.6) is 5.75 Å². The predicted molar refractivity (Wildman–Crippen MR) is 429 cm³/mol. The monoisotopic (exact) mass is 1620 g/mol. The largest absolute Gasteiger partial charge is 0.508 e. The van der Waals surface area contributed by atoms with Crippen LogP contribution in [0.15, 0.2) is 64.7 Å². The molecule has 0 aliphatic rings. The molecule has 12 amide bonds. The summed E-state index contributed by atoms with van der Waals surface area (Å²) in [6.45, 7) is 9.06. The molecule has 1 heterocycles. The third kappa shape index (κ3) is 37.1. The Morgan fingerprint density at radius 1 is 0.443 bits per heavy atom. The minimum atomic E-state index is -1.95. The standard InChI is InChI=1S/C75H123N23O17/c1-7-43(6)62(98-68(110)54(24-17-33-85-75(82)83)92-69(111)55(34-41(2)3)95-70(112)56(35-44-25-27-46(99)28-26-44)94-63(105)48(79)36-45-38-86-49-19-9-8-18-47(45)49)73(115)96-57(37-59(101)102)71(113)91-53(22-12-15-31-78)66(108)90-51(23-16-32-84-74(80)81)64(106)87-39-58(100)89-52(21-11-14-30-77)67(109)97-61(42(4)5)72(114)93-50(20-10-13-29-76)65(107)88-40-60(103)104/h8-9,18-19,25-28,38,41-43,48,50-57,61-62,86,99H,7,10-17,20-24,29-37,39-40,76-79H2,1-6H3,(H,87,106)(H,88,107)(H,89,100)(H,90,108)(H,91,113)(H,92,111)(H,93,114)(H,94,105)(H,95,112)(H,96,115)(H,97,109)(H,98,110)(H,101,102)(H,103,104)(H4,80,81,84)(H4,82,83,85)/t43-,48-,50-,51-,52-,53-,54-,55-,56-,57-,61-,62-/m0/s1. The molecule has 40 nitrogen and oxygen atoms in total. The highest BCUT2D eigenvalue weighted by Crippen LogP contribution is 2.21. The number of carboxylic acids is 2. The van der Waals surface area contributed by atoms with E-state index in [-0.39, 0.29) is 133 Å². The van der Waals surface area contributed by atoms with Gasteiger partial charge >= 0.3 is 11.9 Å². The van der Waals surface area contributed by atoms with Crippen LogP contribution in [-0.4, -0.2) is 227 Å². The maximum absolute atomic E-state index is 14.8. The molecule has 3 aromatic rings. The first-order valence-electron chi connectivity index (χ1n) is 38.8. The summed E-state index contributed by atoms with van der Waals surface area (Å²) >= 11 is 0. The molecule has 0 saturated heterocycles. The number of nitrogens with zero attached hydrogens (tertiary/aromatic N) is 2. The number of rotatable bonds is 56. The zero-order valence-corrected chi connectivity index (χ0v) is 66.5. The van der Waals surface area contributed by atoms with Crippen molar-refractivity contribution in [3.05, 3.63) is 65.9 Å². The van der Waals surface area contributed by atoms with Crippen molar-refractivity contribution in [3.63, 3.8) is 0 Å². The summed E-state index contributed by atoms with van der Waals surface area (Å²) in [4.78, 5) is 205. The third-order valence-electron chi connectivity index (χ3n) is 18.6. The van der Waals surface area contributed by atoms with Crippen molar-refractivity contribution in [3.8, 4) is 5.75 Å². The normalized spacial score (nSPS) is 14.3. The van der Waals surface area contributed by atoms with Crippen LogP contribution in [0.25, 0.3) is 10.9 Å². The maximum atomic E-state index is 14.8. The number of phenolic OH excluding ortho intramolecular Hbond substituents is 1. The summed E-state index contributed by atoms with van der Waals surface area (Å²) in [6, 6.07) is -2.39. The summed E-state index contributed by atoms with van der Waals surface area (Å²) in [6.07, 6.45) is 2.57. The number of aromatic hydroxyl groups is 1. The topological polar surface area (TPSA) is 693 Å². The molecule has 0 radical (unpaired) electrons. The smallest absolute Gasteiger partial charge is 0.322 e. The SMILES string of the molecule is CC[C@H](C)[C@H](NC(=O)[C@H](CCCN=C(N)N)NC(=O)[C@H](CC(C)C)NC(=O)[C@H](Cc1ccc(O)cc1)NC(=O)[C@@H](N)Cc1c[nH]c2ccccc12)C(=O)N[C@@H](CC(=O)O)C(=O)N[C@@H](CCCCN)C(=O)N[C@@H](CCCN=C(N)N)C(=O)NCC(=O)N[C@@H](CCCCN)C(=O)N[C@H](C(=O)N[C@@H](CCCCN)C(=O)NCC(=O)O)C(C)C. The van der Waals surface area contributed by atoms with Gasteiger partial charge in [-0.15, -0.1) is 0 Å². The molecule has 0 fully saturated rings. The summed E-state index contributed by atoms with van der Waals surface area (Å²) < 4.78 is 0. The van der Waals surface area contributed by atoms with Crippen molar-refractivity contribution >= 4 is 106 Å². The van der Waals surface area contributed by atoms with Crippen LogP contribution in [-0.2, 0) is 80.0 Å². The first kappa shape index (κ1) is 97.9. The number of H-pyrrole nitrogens is 1. The Bertz CT molecular complexity index is 3740. The quantitative estimate of drug-likeness (QED) is 0.0145. The minimum Gasteiger partial charge on any atom is -0.508 e. The molecular formula is C75H123N23O17. The van der Waals surface area contributed by atoms with Crippen LogP contribution in [0.2, 0.25) is 0 Å². The van der Waals surface area contributed by atoms with Gasteiger partial charge in [0.15, 0.2) is 11.9 Å². The van der Waals surface area contributed by atoms with E-state index < -0.39 is 181 Å². The molecule has 0 unspecified atom stereocenters. The number of hydrogen-bond acceptors (Lipinski definition) is 21. The number of aliphatic imine (C=N–C) groups is 2. The second-order valence-corrected chi connectivity index (χ2v) is 29.0. The number of nitrogens with one attached hydrogen (secondary N) is 13. The fourth-order valence-corrected chi connectivity index (χ4v) is 12.1. The maximum Gasteiger partial charge on any atom is 0.322 e. The van der Waals surface area contributed by atoms with Gasteiger partial charge in [-0.25, -0.2) is 0 Å². The Morgan fingerprint density at radius 2 is 0.861 bits per heavy atom. The highest BCUT2D eigenvalue weighted by molar-refractivity contribution is 6.00. The van der Waals surface area contributed by atoms with E-state index >= 15 is 0 Å². The van der Waals surface area contributed by atoms with E-state index in [1.54, 1.807) is 59.9 Å². The van der Waals surface area contributed by atoms with Gasteiger partial charge in [0, 0.05) is 36.6 Å². The van der Waals surface area contributed by atoms with Gasteiger partial charge in [-0.2, -0.15) is 0 Å². The number of amides is 12. The van der Waals surface area contributed by atoms with Crippen LogP contribution >= 0.6 is 0 Å². The average Bonchev–Trinajstić information content (AvgIpc) is 1.75. The molecule has 32 N–H and O–H groups in total. The van der Waals surface area contributed by atoms with Crippen molar-refractivity contribution < 1.29 is 82.4 Å². The summed E-state index contributed by atoms with van der Waals surface area (Å²) in [7, 11) is 0. The number of unbranched alkanes of at least 4 members (excludes halogenated alkanes) is 3. The van der Waals surface area contributed by atoms with Crippen LogP contribution in [0, 0.1) is 17.8 Å². The van der Waals surface area contributed by atoms with E-state index in [2.05, 4.69) is 78.8 Å². The minimum absolute atomic E-state index is 0.00169. The number of aromatic amines is 1. The number of nitrogens with two attached hydrogens (primary N) is 8. The Labute approximate surface area is 668 Å². The molecule has 2 aromatic carbocycles. The summed E-state index contributed by atoms with van der Waals surface area (Å²) in [5.41, 5.74) is 48.1. The summed E-state index contributed by atoms with van der Waals surface area (Å²) in [5.74, 6) is -16.0. The first-order valence-corrected chi connectivity index (χ1v) is 38.8. The van der Waals surface area contributed by atoms with E-state index in [9.17, 15) is 77.3 Å². The van der Waals surface area contributed by atoms with Crippen molar-refractivity contribution in [1.29, 1.82) is 0 Å². The van der Waals surface area contributed by atoms with E-state index in [1.165, 1.54) is 12.1 Å². The van der Waals surface area contributed by atoms with Gasteiger partial charge < -0.3 is 130 Å². The number of benzene rings is 2. The van der Waals surface area contributed by atoms with E-state index in [0.717, 1.165) is 16.5 Å². The number of guanidine groups is 2. The number of carbonyl (C=O) groups is 14. The Hall–Kier alpha value is -11.3. The molecule has 0 aliphatic heterocycles. The molecule has 3 rings (SSSR count). The van der Waals surface area contributed by atoms with Crippen molar-refractivity contribution in [2.45, 2.75) is 224 Å². The molecule has 0 spiro atoms. The number of carbonyl (C=O) groups excluding carboxylic acids is 12. The molecule has 0 saturated carbocycles. The summed E-state index contributed by atoms with van der Waals surface area (Å²) in [5, 5.41) is 61.1. The average molecular weight is 1620 g/mol. The zero-order valence-electron chi connectivity index (χ0n) is 66.5. The van der Waals surface area contributed by atoms with Crippen LogP contribution < -0.4 is 110 Å². The fraction of sp³-hybridized carbons (Fsp3) is 0.600. The van der Waals surface area contributed by atoms with Gasteiger partial charge in [-0.05, 0) is 163 Å². The highest BCUT2D eigenvalue weighted by Gasteiger charge is 2.38. The number of hydrogen-bond donors (Lipinski definition) is 24. The zero-order chi connectivity index (χ0) is 85.9. The van der Waals surface area contributed by atoms with Gasteiger partial charge in [-0.3, -0.25) is 77.1 Å². The van der Waals surface area contributed by atoms with Gasteiger partial charge in [0.05, 0.1) is 19.0 Å². The number of aromatic nitrogens is 1. The molecule has 0 bridgehead atoms. The molecule has 12 atom stereocenters. The Balaban J connectivity index is 1.93. The second-order valence-electron chi connectivity index (χ2n) is 29.0. The lowest BCUT2D eigenvalue weighted by Gasteiger charge is -2.30. The van der Waals surface area contributed by atoms with Crippen molar-refractivity contribution in [2.24, 2.45) is 73.6 Å². The number of fused-ring (bicyclic) bond motifs is 1. The molecule has 115 heavy (non-hydrogen) atoms. The lowest BCUT2D eigenvalue weighted by Crippen LogP contribution is -2.61. The molecular weight excluding hydrogens is 1490 g/mol. The van der Waals surface area contributed by atoms with Gasteiger partial charge in [0.2, 0.25) is 70.9 Å². The van der Waals surface area contributed by atoms with Gasteiger partial charge in [0.25, 0.3) is 0 Å². The second kappa shape index (κ2) is 52.2. The van der Waals surface area contributed by atoms with Crippen molar-refractivity contribution in [2.75, 3.05) is 45.8 Å². The molecule has 1 aromatic heterocycles. The van der Waals surface area contributed by atoms with Crippen molar-refractivity contribution in [1.82, 2.24) is 68.8 Å². The van der Waals surface area contributed by atoms with Crippen LogP contribution in [0.4, 0.5) is 0 Å². The lowest BCUT2D eigenvalue weighted by molar-refractivity contribution is -0.142. The number of phenols is 1. The molecule has 0 aliphatic carbocycles. The number of aliphatic carboxylic acids is 2. The molecule has 640 valence electrons. The Morgan fingerprint density at radius 3 is 1.35 bits per heavy atom. The molecule has 40 heteroatoms. The van der Waals surface area contributed by atoms with Crippen LogP contribution in [0.1, 0.15) is 155 Å². The van der Waals surface area contributed by atoms with Gasteiger partial charge in [-0.1, -0.05) is 78.3 Å². The third-order valence-corrected chi connectivity index (χ3v) is 18.6. The first-order chi connectivity index (χ1) is 54.5. The van der Waals surface area contributed by atoms with E-state index in [4.69, 9.17) is 51.0 Å². The van der Waals surface area contributed by atoms with Gasteiger partial charge in [0.1, 0.15) is 72.7 Å².